The van der Waals surface area contributed by atoms with Crippen LogP contribution >= 0.6 is 0 Å². The summed E-state index contributed by atoms with van der Waals surface area (Å²) in [6.45, 7) is 7.21. The Hall–Kier alpha value is -2.24. The van der Waals surface area contributed by atoms with Gasteiger partial charge in [0.2, 0.25) is 5.91 Å². The number of urea groups is 1. The van der Waals surface area contributed by atoms with Gasteiger partial charge in [-0.1, -0.05) is 12.1 Å². The van der Waals surface area contributed by atoms with Crippen LogP contribution in [0, 0.1) is 5.92 Å². The van der Waals surface area contributed by atoms with Crippen molar-refractivity contribution in [3.8, 4) is 5.75 Å². The lowest BCUT2D eigenvalue weighted by Gasteiger charge is -2.32. The molecule has 1 saturated heterocycles. The van der Waals surface area contributed by atoms with Crippen LogP contribution in [-0.2, 0) is 4.79 Å². The monoisotopic (exact) mass is 373 g/mol. The molecule has 27 heavy (non-hydrogen) atoms. The summed E-state index contributed by atoms with van der Waals surface area (Å²) in [7, 11) is 0. The zero-order chi connectivity index (χ0) is 19.4. The maximum absolute atomic E-state index is 12.6. The molecule has 3 rings (SSSR count). The molecule has 1 atom stereocenters. The molecule has 2 fully saturated rings. The molecule has 1 saturated carbocycles. The number of rotatable bonds is 6. The van der Waals surface area contributed by atoms with Gasteiger partial charge in [0.05, 0.1) is 12.1 Å². The van der Waals surface area contributed by atoms with Gasteiger partial charge >= 0.3 is 6.03 Å². The number of nitrogens with one attached hydrogen (secondary N) is 2. The molecule has 1 aliphatic carbocycles. The number of nitrogens with zero attached hydrogens (tertiary/aromatic N) is 1. The van der Waals surface area contributed by atoms with E-state index in [4.69, 9.17) is 4.74 Å². The molecule has 0 spiro atoms. The van der Waals surface area contributed by atoms with Gasteiger partial charge in [-0.05, 0) is 64.2 Å². The standard InChI is InChI=1S/C21H31N3O3/c1-14(2)27-19-6-4-5-17(13-19)15(3)22-21(26)24-11-9-16(10-12-24)20(25)23-18-7-8-18/h4-6,13-16,18H,7-12H2,1-3H3,(H,22,26)(H,23,25). The minimum absolute atomic E-state index is 0.0388. The molecular weight excluding hydrogens is 342 g/mol. The van der Waals surface area contributed by atoms with Gasteiger partial charge in [0.25, 0.3) is 0 Å². The number of ether oxygens (including phenoxy) is 1. The number of carbonyl (C=O) groups is 2. The second-order valence-electron chi connectivity index (χ2n) is 7.95. The highest BCUT2D eigenvalue weighted by Gasteiger charge is 2.31. The summed E-state index contributed by atoms with van der Waals surface area (Å²) in [5.74, 6) is 1.01. The molecule has 1 aromatic rings. The third-order valence-corrected chi connectivity index (χ3v) is 5.15. The highest BCUT2D eigenvalue weighted by atomic mass is 16.5. The molecule has 0 bridgehead atoms. The fourth-order valence-corrected chi connectivity index (χ4v) is 3.38. The van der Waals surface area contributed by atoms with Crippen LogP contribution in [0.3, 0.4) is 0 Å². The number of hydrogen-bond acceptors (Lipinski definition) is 3. The largest absolute Gasteiger partial charge is 0.491 e. The molecule has 0 radical (unpaired) electrons. The summed E-state index contributed by atoms with van der Waals surface area (Å²) in [5, 5.41) is 6.13. The summed E-state index contributed by atoms with van der Waals surface area (Å²) in [5.41, 5.74) is 1.01. The van der Waals surface area contributed by atoms with Gasteiger partial charge in [-0.3, -0.25) is 4.79 Å². The highest BCUT2D eigenvalue weighted by molar-refractivity contribution is 5.80. The second-order valence-corrected chi connectivity index (χ2v) is 7.95. The van der Waals surface area contributed by atoms with Crippen LogP contribution in [0.15, 0.2) is 24.3 Å². The lowest BCUT2D eigenvalue weighted by Crippen LogP contribution is -2.47. The van der Waals surface area contributed by atoms with Crippen molar-refractivity contribution in [1.82, 2.24) is 15.5 Å². The Balaban J connectivity index is 1.48. The second kappa shape index (κ2) is 8.63. The number of amides is 3. The topological polar surface area (TPSA) is 70.7 Å². The minimum atomic E-state index is -0.107. The van der Waals surface area contributed by atoms with Gasteiger partial charge in [0, 0.05) is 25.0 Å². The van der Waals surface area contributed by atoms with Crippen LogP contribution in [0.5, 0.6) is 5.75 Å². The summed E-state index contributed by atoms with van der Waals surface area (Å²) in [6, 6.07) is 8.05. The van der Waals surface area contributed by atoms with Gasteiger partial charge in [0.15, 0.2) is 0 Å². The molecule has 1 aromatic carbocycles. The van der Waals surface area contributed by atoms with E-state index in [0.29, 0.717) is 19.1 Å². The Morgan fingerprint density at radius 3 is 2.44 bits per heavy atom. The number of likely N-dealkylation sites (tertiary alicyclic amines) is 1. The van der Waals surface area contributed by atoms with Crippen LogP contribution in [0.2, 0.25) is 0 Å². The molecule has 6 heteroatoms. The first kappa shape index (κ1) is 19.5. The van der Waals surface area contributed by atoms with E-state index < -0.39 is 0 Å². The van der Waals surface area contributed by atoms with E-state index in [9.17, 15) is 9.59 Å². The minimum Gasteiger partial charge on any atom is -0.491 e. The molecule has 2 aliphatic rings. The van der Waals surface area contributed by atoms with E-state index in [2.05, 4.69) is 10.6 Å². The lowest BCUT2D eigenvalue weighted by molar-refractivity contribution is -0.126. The van der Waals surface area contributed by atoms with E-state index in [-0.39, 0.29) is 30.0 Å². The molecule has 6 nitrogen and oxygen atoms in total. The van der Waals surface area contributed by atoms with Gasteiger partial charge in [-0.2, -0.15) is 0 Å². The number of carbonyl (C=O) groups excluding carboxylic acids is 2. The quantitative estimate of drug-likeness (QED) is 0.804. The first-order valence-corrected chi connectivity index (χ1v) is 10.0. The van der Waals surface area contributed by atoms with E-state index in [1.807, 2.05) is 49.9 Å². The van der Waals surface area contributed by atoms with Crippen LogP contribution in [0.1, 0.15) is 58.1 Å². The van der Waals surface area contributed by atoms with Crippen LogP contribution in [0.4, 0.5) is 4.79 Å². The van der Waals surface area contributed by atoms with E-state index >= 15 is 0 Å². The maximum atomic E-state index is 12.6. The van der Waals surface area contributed by atoms with E-state index in [0.717, 1.165) is 37.0 Å². The van der Waals surface area contributed by atoms with Crippen molar-refractivity contribution >= 4 is 11.9 Å². The predicted octanol–water partition coefficient (Wildman–Crippen LogP) is 3.24. The van der Waals surface area contributed by atoms with Crippen molar-refractivity contribution in [2.45, 2.75) is 64.6 Å². The van der Waals surface area contributed by atoms with Crippen molar-refractivity contribution < 1.29 is 14.3 Å². The number of benzene rings is 1. The van der Waals surface area contributed by atoms with Crippen LogP contribution in [0.25, 0.3) is 0 Å². The Labute approximate surface area is 161 Å². The zero-order valence-corrected chi connectivity index (χ0v) is 16.5. The average Bonchev–Trinajstić information content (AvgIpc) is 3.45. The molecule has 0 aromatic heterocycles. The molecular formula is C21H31N3O3. The highest BCUT2D eigenvalue weighted by Crippen LogP contribution is 2.24. The van der Waals surface area contributed by atoms with Crippen molar-refractivity contribution in [2.75, 3.05) is 13.1 Å². The van der Waals surface area contributed by atoms with Crippen molar-refractivity contribution in [1.29, 1.82) is 0 Å². The SMILES string of the molecule is CC(C)Oc1cccc(C(C)NC(=O)N2CCC(C(=O)NC3CC3)CC2)c1. The fourth-order valence-electron chi connectivity index (χ4n) is 3.38. The maximum Gasteiger partial charge on any atom is 0.317 e. The smallest absolute Gasteiger partial charge is 0.317 e. The zero-order valence-electron chi connectivity index (χ0n) is 16.5. The van der Waals surface area contributed by atoms with Crippen molar-refractivity contribution in [3.05, 3.63) is 29.8 Å². The Kier molecular flexibility index (Phi) is 6.24. The summed E-state index contributed by atoms with van der Waals surface area (Å²) < 4.78 is 5.73. The molecule has 3 amide bonds. The molecule has 1 unspecified atom stereocenters. The summed E-state index contributed by atoms with van der Waals surface area (Å²) in [4.78, 5) is 26.6. The first-order valence-electron chi connectivity index (χ1n) is 10.0. The molecule has 148 valence electrons. The van der Waals surface area contributed by atoms with Crippen molar-refractivity contribution in [3.63, 3.8) is 0 Å². The van der Waals surface area contributed by atoms with Gasteiger partial charge < -0.3 is 20.3 Å². The van der Waals surface area contributed by atoms with Gasteiger partial charge in [-0.25, -0.2) is 4.79 Å². The Morgan fingerprint density at radius 2 is 1.81 bits per heavy atom. The molecule has 1 heterocycles. The van der Waals surface area contributed by atoms with Crippen molar-refractivity contribution in [2.24, 2.45) is 5.92 Å². The normalized spacial score (nSPS) is 18.9. The Bertz CT molecular complexity index is 664. The fraction of sp³-hybridized carbons (Fsp3) is 0.619. The van der Waals surface area contributed by atoms with Gasteiger partial charge in [-0.15, -0.1) is 0 Å². The number of hydrogen-bond donors (Lipinski definition) is 2. The van der Waals surface area contributed by atoms with E-state index in [1.165, 1.54) is 0 Å². The predicted molar refractivity (Wildman–Crippen MR) is 105 cm³/mol. The molecule has 1 aliphatic heterocycles. The summed E-state index contributed by atoms with van der Waals surface area (Å²) in [6.07, 6.45) is 3.79. The third-order valence-electron chi connectivity index (χ3n) is 5.15. The molecule has 2 N–H and O–H groups in total. The van der Waals surface area contributed by atoms with Crippen LogP contribution in [-0.4, -0.2) is 42.1 Å². The summed E-state index contributed by atoms with van der Waals surface area (Å²) >= 11 is 0. The third kappa shape index (κ3) is 5.62. The average molecular weight is 373 g/mol. The first-order chi connectivity index (χ1) is 12.9. The number of piperidine rings is 1. The Morgan fingerprint density at radius 1 is 1.11 bits per heavy atom. The van der Waals surface area contributed by atoms with Crippen LogP contribution < -0.4 is 15.4 Å². The lowest BCUT2D eigenvalue weighted by atomic mass is 9.96. The van der Waals surface area contributed by atoms with E-state index in [1.54, 1.807) is 0 Å². The van der Waals surface area contributed by atoms with Gasteiger partial charge in [0.1, 0.15) is 5.75 Å².